The van der Waals surface area contributed by atoms with Crippen LogP contribution in [0.2, 0.25) is 0 Å². The van der Waals surface area contributed by atoms with Crippen LogP contribution in [0.5, 0.6) is 0 Å². The normalized spacial score (nSPS) is 12.6. The Labute approximate surface area is 100 Å². The van der Waals surface area contributed by atoms with Gasteiger partial charge in [0.1, 0.15) is 0 Å². The minimum absolute atomic E-state index is 0.337. The molecule has 5 nitrogen and oxygen atoms in total. The van der Waals surface area contributed by atoms with E-state index in [1.54, 1.807) is 12.4 Å². The van der Waals surface area contributed by atoms with Gasteiger partial charge in [0.05, 0.1) is 0 Å². The lowest BCUT2D eigenvalue weighted by molar-refractivity contribution is 0.361. The minimum Gasteiger partial charge on any atom is -0.339 e. The van der Waals surface area contributed by atoms with Crippen molar-refractivity contribution >= 4 is 0 Å². The number of likely N-dealkylation sites (N-methyl/N-ethyl adjacent to an activating group) is 1. The lowest BCUT2D eigenvalue weighted by Crippen LogP contribution is -2.23. The number of rotatable bonds is 5. The third-order valence-corrected chi connectivity index (χ3v) is 2.60. The maximum Gasteiger partial charge on any atom is 0.228 e. The molecular formula is C12H16N4O. The van der Waals surface area contributed by atoms with Crippen LogP contribution in [0.25, 0.3) is 0 Å². The lowest BCUT2D eigenvalue weighted by Gasteiger charge is -2.04. The fraction of sp³-hybridized carbons (Fsp3) is 0.417. The van der Waals surface area contributed by atoms with E-state index in [9.17, 15) is 0 Å². The molecule has 0 aliphatic carbocycles. The third-order valence-electron chi connectivity index (χ3n) is 2.60. The highest BCUT2D eigenvalue weighted by atomic mass is 16.5. The van der Waals surface area contributed by atoms with Crippen LogP contribution in [0, 0.1) is 0 Å². The summed E-state index contributed by atoms with van der Waals surface area (Å²) in [6.45, 7) is 2.08. The van der Waals surface area contributed by atoms with E-state index in [0.29, 0.717) is 18.4 Å². The second kappa shape index (κ2) is 5.54. The molecule has 0 spiro atoms. The van der Waals surface area contributed by atoms with Gasteiger partial charge in [-0.15, -0.1) is 0 Å². The second-order valence-electron chi connectivity index (χ2n) is 4.03. The fourth-order valence-electron chi connectivity index (χ4n) is 1.49. The molecule has 90 valence electrons. The summed E-state index contributed by atoms with van der Waals surface area (Å²) in [7, 11) is 1.92. The average Bonchev–Trinajstić information content (AvgIpc) is 2.77. The van der Waals surface area contributed by atoms with Crippen LogP contribution in [0.4, 0.5) is 0 Å². The van der Waals surface area contributed by atoms with Gasteiger partial charge in [-0.25, -0.2) is 0 Å². The van der Waals surface area contributed by atoms with E-state index in [1.165, 1.54) is 0 Å². The van der Waals surface area contributed by atoms with Crippen molar-refractivity contribution in [2.24, 2.45) is 0 Å². The Kier molecular flexibility index (Phi) is 3.82. The summed E-state index contributed by atoms with van der Waals surface area (Å²) in [6.07, 6.45) is 4.96. The van der Waals surface area contributed by atoms with Crippen molar-refractivity contribution in [3.63, 3.8) is 0 Å². The van der Waals surface area contributed by atoms with Crippen molar-refractivity contribution < 1.29 is 4.52 Å². The van der Waals surface area contributed by atoms with Crippen LogP contribution < -0.4 is 5.32 Å². The first-order chi connectivity index (χ1) is 8.28. The van der Waals surface area contributed by atoms with Crippen molar-refractivity contribution in [3.05, 3.63) is 41.8 Å². The van der Waals surface area contributed by atoms with E-state index in [-0.39, 0.29) is 0 Å². The summed E-state index contributed by atoms with van der Waals surface area (Å²) in [6, 6.07) is 4.24. The molecule has 1 atom stereocenters. The van der Waals surface area contributed by atoms with E-state index in [4.69, 9.17) is 4.52 Å². The van der Waals surface area contributed by atoms with Gasteiger partial charge in [0, 0.05) is 31.3 Å². The van der Waals surface area contributed by atoms with Crippen LogP contribution in [0.3, 0.4) is 0 Å². The van der Waals surface area contributed by atoms with Crippen LogP contribution >= 0.6 is 0 Å². The molecule has 0 saturated heterocycles. The first-order valence-corrected chi connectivity index (χ1v) is 5.65. The summed E-state index contributed by atoms with van der Waals surface area (Å²) in [5.41, 5.74) is 1.13. The molecule has 0 aliphatic heterocycles. The minimum atomic E-state index is 0.337. The van der Waals surface area contributed by atoms with Gasteiger partial charge in [-0.2, -0.15) is 4.98 Å². The number of aromatic nitrogens is 3. The van der Waals surface area contributed by atoms with Gasteiger partial charge < -0.3 is 9.84 Å². The Balaban J connectivity index is 1.99. The SMILES string of the molecule is CNC(C)Cc1nc(Cc2ccncc2)no1. The molecule has 5 heteroatoms. The molecule has 1 unspecified atom stereocenters. The standard InChI is InChI=1S/C12H16N4O/c1-9(13-2)7-12-15-11(16-17-12)8-10-3-5-14-6-4-10/h3-6,9,13H,7-8H2,1-2H3. The Bertz CT molecular complexity index is 455. The maximum absolute atomic E-state index is 5.19. The van der Waals surface area contributed by atoms with Crippen LogP contribution in [-0.2, 0) is 12.8 Å². The molecule has 1 N–H and O–H groups in total. The summed E-state index contributed by atoms with van der Waals surface area (Å²) in [5, 5.41) is 7.10. The quantitative estimate of drug-likeness (QED) is 0.839. The Hall–Kier alpha value is -1.75. The van der Waals surface area contributed by atoms with Gasteiger partial charge in [-0.05, 0) is 31.7 Å². The summed E-state index contributed by atoms with van der Waals surface area (Å²) >= 11 is 0. The first-order valence-electron chi connectivity index (χ1n) is 5.65. The summed E-state index contributed by atoms with van der Waals surface area (Å²) < 4.78 is 5.19. The van der Waals surface area contributed by atoms with Gasteiger partial charge in [0.15, 0.2) is 5.82 Å². The monoisotopic (exact) mass is 232 g/mol. The highest BCUT2D eigenvalue weighted by Crippen LogP contribution is 2.06. The number of nitrogens with zero attached hydrogens (tertiary/aromatic N) is 3. The summed E-state index contributed by atoms with van der Waals surface area (Å²) in [5.74, 6) is 1.39. The van der Waals surface area contributed by atoms with Crippen molar-refractivity contribution in [1.29, 1.82) is 0 Å². The lowest BCUT2D eigenvalue weighted by atomic mass is 10.2. The van der Waals surface area contributed by atoms with Crippen molar-refractivity contribution in [2.45, 2.75) is 25.8 Å². The highest BCUT2D eigenvalue weighted by molar-refractivity contribution is 5.14. The summed E-state index contributed by atoms with van der Waals surface area (Å²) in [4.78, 5) is 8.33. The van der Waals surface area contributed by atoms with Gasteiger partial charge in [-0.3, -0.25) is 4.98 Å². The van der Waals surface area contributed by atoms with Crippen LogP contribution in [0.15, 0.2) is 29.0 Å². The van der Waals surface area contributed by atoms with Gasteiger partial charge >= 0.3 is 0 Å². The van der Waals surface area contributed by atoms with E-state index >= 15 is 0 Å². The molecule has 0 saturated carbocycles. The van der Waals surface area contributed by atoms with Crippen LogP contribution in [-0.4, -0.2) is 28.2 Å². The van der Waals surface area contributed by atoms with Crippen molar-refractivity contribution in [3.8, 4) is 0 Å². The highest BCUT2D eigenvalue weighted by Gasteiger charge is 2.09. The average molecular weight is 232 g/mol. The predicted octanol–water partition coefficient (Wildman–Crippen LogP) is 1.21. The van der Waals surface area contributed by atoms with Gasteiger partial charge in [0.25, 0.3) is 0 Å². The van der Waals surface area contributed by atoms with Gasteiger partial charge in [-0.1, -0.05) is 5.16 Å². The van der Waals surface area contributed by atoms with Crippen LogP contribution in [0.1, 0.15) is 24.2 Å². The fourth-order valence-corrected chi connectivity index (χ4v) is 1.49. The zero-order valence-electron chi connectivity index (χ0n) is 10.1. The van der Waals surface area contributed by atoms with Gasteiger partial charge in [0.2, 0.25) is 5.89 Å². The topological polar surface area (TPSA) is 63.8 Å². The molecule has 0 aromatic carbocycles. The molecular weight excluding hydrogens is 216 g/mol. The molecule has 0 fully saturated rings. The predicted molar refractivity (Wildman–Crippen MR) is 63.6 cm³/mol. The zero-order valence-corrected chi connectivity index (χ0v) is 10.1. The smallest absolute Gasteiger partial charge is 0.228 e. The molecule has 0 bridgehead atoms. The maximum atomic E-state index is 5.19. The van der Waals surface area contributed by atoms with Crippen molar-refractivity contribution in [1.82, 2.24) is 20.4 Å². The molecule has 17 heavy (non-hydrogen) atoms. The number of hydrogen-bond acceptors (Lipinski definition) is 5. The van der Waals surface area contributed by atoms with E-state index in [2.05, 4.69) is 27.4 Å². The zero-order chi connectivity index (χ0) is 12.1. The number of nitrogens with one attached hydrogen (secondary N) is 1. The molecule has 0 amide bonds. The Morgan fingerprint density at radius 1 is 1.35 bits per heavy atom. The van der Waals surface area contributed by atoms with E-state index < -0.39 is 0 Å². The van der Waals surface area contributed by atoms with Crippen molar-refractivity contribution in [2.75, 3.05) is 7.05 Å². The first kappa shape index (κ1) is 11.7. The molecule has 2 heterocycles. The Morgan fingerprint density at radius 3 is 2.82 bits per heavy atom. The largest absolute Gasteiger partial charge is 0.339 e. The second-order valence-corrected chi connectivity index (χ2v) is 4.03. The number of hydrogen-bond donors (Lipinski definition) is 1. The molecule has 0 aliphatic rings. The molecule has 2 aromatic heterocycles. The molecule has 2 rings (SSSR count). The third kappa shape index (κ3) is 3.35. The molecule has 0 radical (unpaired) electrons. The van der Waals surface area contributed by atoms with E-state index in [1.807, 2.05) is 19.2 Å². The van der Waals surface area contributed by atoms with E-state index in [0.717, 1.165) is 17.8 Å². The Morgan fingerprint density at radius 2 is 2.12 bits per heavy atom. The molecule has 2 aromatic rings. The number of pyridine rings is 1.